The summed E-state index contributed by atoms with van der Waals surface area (Å²) in [5.41, 5.74) is 12.0. The van der Waals surface area contributed by atoms with E-state index in [9.17, 15) is 10.2 Å². The number of hydrogen-bond acceptors (Lipinski definition) is 4. The Bertz CT molecular complexity index is 1860. The van der Waals surface area contributed by atoms with E-state index >= 15 is 0 Å². The number of phenolic OH excluding ortho intramolecular Hbond substituents is 2. The van der Waals surface area contributed by atoms with Crippen molar-refractivity contribution in [1.29, 1.82) is 0 Å². The normalized spacial score (nSPS) is 11.7. The fraction of sp³-hybridized carbons (Fsp3) is 0.571. The molecule has 4 nitrogen and oxygen atoms in total. The molecule has 0 atom stereocenters. The number of benzene rings is 4. The van der Waals surface area contributed by atoms with Gasteiger partial charge in [-0.25, -0.2) is 0 Å². The van der Waals surface area contributed by atoms with Crippen LogP contribution in [0.15, 0.2) is 76.7 Å². The first-order chi connectivity index (χ1) is 29.3. The first-order valence-corrected chi connectivity index (χ1v) is 24.6. The quantitative estimate of drug-likeness (QED) is 0.0258. The molecule has 0 saturated heterocycles. The maximum Gasteiger partial charge on any atom is 0.165 e. The molecule has 0 aliphatic carbocycles. The fourth-order valence-corrected chi connectivity index (χ4v) is 7.93. The Hall–Kier alpha value is -3.43. The van der Waals surface area contributed by atoms with Crippen LogP contribution in [0, 0.1) is 0 Å². The Labute approximate surface area is 383 Å². The molecule has 0 aliphatic rings. The topological polar surface area (TPSA) is 65.2 Å². The number of aromatic hydroxyl groups is 2. The van der Waals surface area contributed by atoms with Gasteiger partial charge < -0.3 is 10.2 Å². The van der Waals surface area contributed by atoms with Crippen molar-refractivity contribution >= 4 is 33.6 Å². The summed E-state index contributed by atoms with van der Waals surface area (Å²) in [4.78, 5) is 10.9. The zero-order chi connectivity index (χ0) is 43.4. The molecule has 4 aromatic rings. The number of aryl methyl sites for hydroxylation is 5. The van der Waals surface area contributed by atoms with Gasteiger partial charge in [-0.3, -0.25) is 9.98 Å². The van der Waals surface area contributed by atoms with Crippen LogP contribution in [-0.2, 0) is 48.6 Å². The van der Waals surface area contributed by atoms with E-state index in [0.29, 0.717) is 5.39 Å². The Kier molecular flexibility index (Phi) is 28.4. The van der Waals surface area contributed by atoms with Gasteiger partial charge in [-0.15, -0.1) is 0 Å². The molecule has 4 rings (SSSR count). The maximum absolute atomic E-state index is 9.68. The molecular weight excluding hydrogens is 791 g/mol. The standard InChI is InChI=1S/C42H68N2.C14H16O2.Ni/c1-7-13-19-20-21-22-28-42(44-40-32-30-36(24-15-9-3)38(34-40)26-17-11-5)41(27-18-12-6)43-39-31-29-35(23-14-8-2)37(33-39)25-16-10-4;1-2-3-4-10-5-7-12-11(9-10)6-8-13(15)14(12)16;/h29-34H,7-28H2,1-6H3;5-9,15-16H,2-4H2,1H3;. The number of rotatable bonds is 28. The summed E-state index contributed by atoms with van der Waals surface area (Å²) in [6.45, 7) is 15.9. The van der Waals surface area contributed by atoms with Gasteiger partial charge in [-0.2, -0.15) is 0 Å². The van der Waals surface area contributed by atoms with Crippen LogP contribution in [0.1, 0.15) is 205 Å². The smallest absolute Gasteiger partial charge is 0.165 e. The molecule has 0 aromatic heterocycles. The fourth-order valence-electron chi connectivity index (χ4n) is 7.93. The zero-order valence-corrected chi connectivity index (χ0v) is 40.6. The molecule has 5 heteroatoms. The van der Waals surface area contributed by atoms with Crippen molar-refractivity contribution in [3.63, 3.8) is 0 Å². The number of aliphatic imine (C=N–C) groups is 2. The number of unbranched alkanes of at least 4 members (excludes halogenated alkanes) is 11. The van der Waals surface area contributed by atoms with Crippen LogP contribution in [-0.4, -0.2) is 21.6 Å². The second-order valence-electron chi connectivity index (χ2n) is 17.2. The van der Waals surface area contributed by atoms with Crippen LogP contribution >= 0.6 is 0 Å². The van der Waals surface area contributed by atoms with E-state index in [0.717, 1.165) is 55.3 Å². The van der Waals surface area contributed by atoms with Crippen molar-refractivity contribution in [3.8, 4) is 11.5 Å². The van der Waals surface area contributed by atoms with E-state index in [1.807, 2.05) is 18.2 Å². The molecule has 0 saturated carbocycles. The van der Waals surface area contributed by atoms with E-state index in [4.69, 9.17) is 9.98 Å². The summed E-state index contributed by atoms with van der Waals surface area (Å²) in [7, 11) is 0. The van der Waals surface area contributed by atoms with Crippen molar-refractivity contribution in [2.75, 3.05) is 0 Å². The third-order valence-corrected chi connectivity index (χ3v) is 11.8. The van der Waals surface area contributed by atoms with Gasteiger partial charge in [0.1, 0.15) is 0 Å². The predicted octanol–water partition coefficient (Wildman–Crippen LogP) is 17.4. The number of nitrogens with zero attached hydrogens (tertiary/aromatic N) is 2. The second kappa shape index (κ2) is 32.3. The average Bonchev–Trinajstić information content (AvgIpc) is 3.27. The van der Waals surface area contributed by atoms with Crippen molar-refractivity contribution in [1.82, 2.24) is 0 Å². The second-order valence-corrected chi connectivity index (χ2v) is 17.2. The first kappa shape index (κ1) is 53.7. The first-order valence-electron chi connectivity index (χ1n) is 24.6. The molecule has 0 radical (unpaired) electrons. The van der Waals surface area contributed by atoms with Crippen molar-refractivity contribution in [2.24, 2.45) is 9.98 Å². The molecule has 340 valence electrons. The van der Waals surface area contributed by atoms with Gasteiger partial charge in [-0.1, -0.05) is 155 Å². The SMILES string of the molecule is CCCCCCCCC(=Nc1ccc(CCCC)c(CCCC)c1)C(CCCC)=Nc1ccc(CCCC)c(CCCC)c1.CCCCc1ccc2c(O)c(O)ccc2c1.[Ni]. The van der Waals surface area contributed by atoms with Gasteiger partial charge in [-0.05, 0) is 153 Å². The van der Waals surface area contributed by atoms with E-state index < -0.39 is 0 Å². The monoisotopic (exact) mass is 875 g/mol. The van der Waals surface area contributed by atoms with Crippen molar-refractivity contribution in [2.45, 2.75) is 209 Å². The summed E-state index contributed by atoms with van der Waals surface area (Å²) in [6, 6.07) is 23.4. The third-order valence-electron chi connectivity index (χ3n) is 11.8. The summed E-state index contributed by atoms with van der Waals surface area (Å²) in [5, 5.41) is 20.7. The minimum atomic E-state index is -0.0613. The summed E-state index contributed by atoms with van der Waals surface area (Å²) in [6.07, 6.45) is 30.2. The predicted molar refractivity (Wildman–Crippen MR) is 265 cm³/mol. The molecule has 0 spiro atoms. The van der Waals surface area contributed by atoms with Gasteiger partial charge in [0.25, 0.3) is 0 Å². The van der Waals surface area contributed by atoms with Gasteiger partial charge in [0, 0.05) is 21.9 Å². The molecule has 0 fully saturated rings. The number of hydrogen-bond donors (Lipinski definition) is 2. The maximum atomic E-state index is 9.68. The van der Waals surface area contributed by atoms with Gasteiger partial charge in [0.05, 0.1) is 22.8 Å². The van der Waals surface area contributed by atoms with Gasteiger partial charge in [0.2, 0.25) is 0 Å². The molecule has 0 heterocycles. The van der Waals surface area contributed by atoms with Crippen LogP contribution in [0.25, 0.3) is 10.8 Å². The van der Waals surface area contributed by atoms with Gasteiger partial charge >= 0.3 is 0 Å². The Morgan fingerprint density at radius 1 is 0.410 bits per heavy atom. The Morgan fingerprint density at radius 2 is 0.852 bits per heavy atom. The Morgan fingerprint density at radius 3 is 1.36 bits per heavy atom. The molecule has 4 aromatic carbocycles. The van der Waals surface area contributed by atoms with Crippen LogP contribution < -0.4 is 0 Å². The molecule has 0 unspecified atom stereocenters. The molecule has 61 heavy (non-hydrogen) atoms. The molecule has 0 amide bonds. The molecule has 0 aliphatic heterocycles. The minimum Gasteiger partial charge on any atom is -0.504 e. The van der Waals surface area contributed by atoms with E-state index in [1.54, 1.807) is 0 Å². The molecule has 2 N–H and O–H groups in total. The van der Waals surface area contributed by atoms with Crippen LogP contribution in [0.5, 0.6) is 11.5 Å². The zero-order valence-electron chi connectivity index (χ0n) is 39.6. The molecular formula is C56H84N2NiO2. The van der Waals surface area contributed by atoms with E-state index in [1.165, 1.54) is 167 Å². The minimum absolute atomic E-state index is 0. The average molecular weight is 876 g/mol. The molecule has 0 bridgehead atoms. The third kappa shape index (κ3) is 19.7. The summed E-state index contributed by atoms with van der Waals surface area (Å²) >= 11 is 0. The summed E-state index contributed by atoms with van der Waals surface area (Å²) in [5.74, 6) is -0.0895. The van der Waals surface area contributed by atoms with E-state index in [-0.39, 0.29) is 28.0 Å². The van der Waals surface area contributed by atoms with Crippen molar-refractivity contribution in [3.05, 3.63) is 94.5 Å². The number of phenols is 2. The van der Waals surface area contributed by atoms with Crippen molar-refractivity contribution < 1.29 is 26.7 Å². The number of fused-ring (bicyclic) bond motifs is 1. The van der Waals surface area contributed by atoms with E-state index in [2.05, 4.69) is 90.9 Å². The largest absolute Gasteiger partial charge is 0.504 e. The summed E-state index contributed by atoms with van der Waals surface area (Å²) < 4.78 is 0. The van der Waals surface area contributed by atoms with Gasteiger partial charge in [0.15, 0.2) is 11.5 Å². The van der Waals surface area contributed by atoms with Crippen LogP contribution in [0.2, 0.25) is 0 Å². The Balaban J connectivity index is 0.000000625. The van der Waals surface area contributed by atoms with Crippen LogP contribution in [0.3, 0.4) is 0 Å². The van der Waals surface area contributed by atoms with Crippen LogP contribution in [0.4, 0.5) is 11.4 Å².